The van der Waals surface area contributed by atoms with E-state index in [1.165, 1.54) is 50.9 Å². The number of piperidine rings is 1. The molecule has 1 N–H and O–H groups in total. The van der Waals surface area contributed by atoms with Crippen LogP contribution in [-0.4, -0.2) is 51.6 Å². The van der Waals surface area contributed by atoms with E-state index < -0.39 is 40.0 Å². The Kier molecular flexibility index (Phi) is 10.2. The Bertz CT molecular complexity index is 1320. The Morgan fingerprint density at radius 1 is 1.00 bits per heavy atom. The lowest BCUT2D eigenvalue weighted by Crippen LogP contribution is -2.44. The number of pyridine rings is 1. The number of aryl methyl sites for hydroxylation is 2. The van der Waals surface area contributed by atoms with Gasteiger partial charge in [-0.3, -0.25) is 4.79 Å². The van der Waals surface area contributed by atoms with Crippen molar-refractivity contribution in [3.8, 4) is 5.75 Å². The van der Waals surface area contributed by atoms with E-state index in [1.807, 2.05) is 18.2 Å². The molecule has 3 heterocycles. The number of ether oxygens (including phenoxy) is 1. The number of fused-ring (bicyclic) bond motifs is 1. The predicted molar refractivity (Wildman–Crippen MR) is 165 cm³/mol. The van der Waals surface area contributed by atoms with Crippen LogP contribution in [0.25, 0.3) is 10.9 Å². The number of halogens is 3. The highest BCUT2D eigenvalue weighted by atomic mass is 32.3. The molecule has 5 rings (SSSR count). The van der Waals surface area contributed by atoms with E-state index in [0.29, 0.717) is 18.2 Å². The summed E-state index contributed by atoms with van der Waals surface area (Å²) >= 11 is -1.69. The van der Waals surface area contributed by atoms with Crippen LogP contribution >= 0.6 is 36.4 Å². The number of amides is 1. The maximum absolute atomic E-state index is 12.9. The van der Waals surface area contributed by atoms with Crippen molar-refractivity contribution in [1.82, 2.24) is 9.88 Å². The fourth-order valence-electron chi connectivity index (χ4n) is 5.62. The van der Waals surface area contributed by atoms with Gasteiger partial charge in [-0.15, -0.1) is 0 Å². The van der Waals surface area contributed by atoms with Crippen LogP contribution in [0.4, 0.5) is 23.2 Å². The number of nitrogens with zero attached hydrogens (tertiary/aromatic N) is 3. The third-order valence-electron chi connectivity index (χ3n) is 7.82. The summed E-state index contributed by atoms with van der Waals surface area (Å²) in [6, 6.07) is 15.0. The minimum absolute atomic E-state index is 0.119. The largest absolute Gasteiger partial charge is 0.451 e. The van der Waals surface area contributed by atoms with Crippen LogP contribution in [-0.2, 0) is 11.2 Å². The molecular weight excluding hydrogens is 590 g/mol. The minimum Gasteiger partial charge on any atom is -0.451 e. The average Bonchev–Trinajstić information content (AvgIpc) is 3.55. The number of anilines is 2. The van der Waals surface area contributed by atoms with E-state index >= 15 is 0 Å². The molecular formula is C29H33F3N4O2S3. The molecule has 0 radical (unpaired) electrons. The molecule has 2 aliphatic heterocycles. The van der Waals surface area contributed by atoms with Crippen LogP contribution < -0.4 is 15.0 Å². The van der Waals surface area contributed by atoms with Gasteiger partial charge in [0.05, 0.1) is 5.52 Å². The van der Waals surface area contributed by atoms with Gasteiger partial charge in [-0.1, -0.05) is 12.1 Å². The topological polar surface area (TPSA) is 57.7 Å². The van der Waals surface area contributed by atoms with Crippen LogP contribution in [0.1, 0.15) is 43.2 Å². The summed E-state index contributed by atoms with van der Waals surface area (Å²) in [6.45, 7) is 6.61. The van der Waals surface area contributed by atoms with E-state index in [-0.39, 0.29) is 18.1 Å². The first kappa shape index (κ1) is 30.2. The van der Waals surface area contributed by atoms with Gasteiger partial charge in [0.15, 0.2) is 0 Å². The second-order valence-electron chi connectivity index (χ2n) is 10.5. The van der Waals surface area contributed by atoms with Crippen molar-refractivity contribution in [3.63, 3.8) is 0 Å². The van der Waals surface area contributed by atoms with E-state index in [0.717, 1.165) is 40.9 Å². The minimum atomic E-state index is -2.35. The molecule has 2 aliphatic rings. The zero-order valence-corrected chi connectivity index (χ0v) is 25.2. The molecule has 6 nitrogen and oxygen atoms in total. The fourth-order valence-corrected chi connectivity index (χ4v) is 6.28. The Morgan fingerprint density at radius 2 is 1.68 bits per heavy atom. The third kappa shape index (κ3) is 7.39. The maximum Gasteiger partial charge on any atom is 0.338 e. The lowest BCUT2D eigenvalue weighted by atomic mass is 10.0. The van der Waals surface area contributed by atoms with Gasteiger partial charge in [-0.05, 0) is 99.6 Å². The van der Waals surface area contributed by atoms with Crippen LogP contribution in [0.5, 0.6) is 5.75 Å². The summed E-state index contributed by atoms with van der Waals surface area (Å²) in [5.41, 5.74) is 3.58. The van der Waals surface area contributed by atoms with Crippen LogP contribution in [0.2, 0.25) is 0 Å². The second kappa shape index (κ2) is 13.8. The maximum atomic E-state index is 12.9. The number of benzene rings is 2. The first-order valence-electron chi connectivity index (χ1n) is 13.8. The van der Waals surface area contributed by atoms with Gasteiger partial charge in [0.1, 0.15) is 48.0 Å². The second-order valence-corrected chi connectivity index (χ2v) is 13.5. The van der Waals surface area contributed by atoms with Crippen molar-refractivity contribution in [1.29, 1.82) is 0 Å². The Balaban J connectivity index is 1.15. The van der Waals surface area contributed by atoms with E-state index in [4.69, 9.17) is 9.72 Å². The van der Waals surface area contributed by atoms with Gasteiger partial charge in [0.25, 0.3) is 0 Å². The summed E-state index contributed by atoms with van der Waals surface area (Å²) in [7, 11) is 0. The molecule has 1 aromatic heterocycles. The molecule has 0 saturated carbocycles. The summed E-state index contributed by atoms with van der Waals surface area (Å²) in [5.74, 6) is 1.00. The summed E-state index contributed by atoms with van der Waals surface area (Å²) in [6.07, 6.45) is 5.71. The predicted octanol–water partition coefficient (Wildman–Crippen LogP) is 8.02. The number of carbonyl (C=O) groups excluding carboxylic acids is 1. The van der Waals surface area contributed by atoms with Gasteiger partial charge < -0.3 is 19.9 Å². The average molecular weight is 623 g/mol. The molecule has 0 atom stereocenters. The summed E-state index contributed by atoms with van der Waals surface area (Å²) in [5, 5.41) is 3.98. The number of hydrogen-bond acceptors (Lipinski definition) is 8. The molecule has 3 aromatic rings. The number of hydrogen-bond donors (Lipinski definition) is 1. The molecule has 0 unspecified atom stereocenters. The van der Waals surface area contributed by atoms with Gasteiger partial charge >= 0.3 is 3.60 Å². The molecule has 220 valence electrons. The molecule has 12 heteroatoms. The molecule has 2 saturated heterocycles. The zero-order valence-electron chi connectivity index (χ0n) is 22.8. The SMILES string of the molecule is Cc1cc(N2CCC(N3CCCC3)CC2)nc2ccc(NC(=O)CCc3ccc(OC(SF)(SF)SF)cc3)cc12. The first-order chi connectivity index (χ1) is 19.9. The molecule has 2 fully saturated rings. The molecule has 2 aromatic carbocycles. The molecule has 0 bridgehead atoms. The van der Waals surface area contributed by atoms with Crippen molar-refractivity contribution in [2.75, 3.05) is 36.4 Å². The molecule has 0 aliphatic carbocycles. The van der Waals surface area contributed by atoms with E-state index in [1.54, 1.807) is 12.1 Å². The van der Waals surface area contributed by atoms with E-state index in [2.05, 4.69) is 28.1 Å². The Morgan fingerprint density at radius 3 is 2.34 bits per heavy atom. The lowest BCUT2D eigenvalue weighted by Gasteiger charge is -2.37. The Hall–Kier alpha value is -2.28. The smallest absolute Gasteiger partial charge is 0.338 e. The number of likely N-dealkylation sites (tertiary alicyclic amines) is 1. The molecule has 41 heavy (non-hydrogen) atoms. The van der Waals surface area contributed by atoms with Crippen LogP contribution in [0.15, 0.2) is 48.5 Å². The molecule has 1 amide bonds. The highest BCUT2D eigenvalue weighted by Crippen LogP contribution is 2.49. The summed E-state index contributed by atoms with van der Waals surface area (Å²) in [4.78, 5) is 22.7. The van der Waals surface area contributed by atoms with Crippen LogP contribution in [0.3, 0.4) is 0 Å². The van der Waals surface area contributed by atoms with Crippen molar-refractivity contribution in [2.45, 2.75) is 55.1 Å². The highest BCUT2D eigenvalue weighted by molar-refractivity contribution is 8.29. The standard InChI is InChI=1S/C29H33F3N4O2S3/c1-20-18-27(36-16-12-23(13-17-36)35-14-2-3-15-35)34-26-10-7-22(19-25(20)26)33-28(37)11-6-21-4-8-24(9-5-21)38-29(39-30,40-31)41-32/h4-5,7-10,18-19,23H,2-3,6,11-17H2,1H3,(H,33,37). The number of aromatic nitrogens is 1. The van der Waals surface area contributed by atoms with Crippen molar-refractivity contribution < 1.29 is 21.2 Å². The number of nitrogens with one attached hydrogen (secondary N) is 1. The zero-order chi connectivity index (χ0) is 28.8. The fraction of sp³-hybridized carbons (Fsp3) is 0.448. The number of rotatable bonds is 11. The van der Waals surface area contributed by atoms with Crippen molar-refractivity contribution in [3.05, 3.63) is 59.7 Å². The van der Waals surface area contributed by atoms with Gasteiger partial charge in [-0.2, -0.15) is 11.7 Å². The number of carbonyl (C=O) groups is 1. The van der Waals surface area contributed by atoms with Gasteiger partial charge in [0.2, 0.25) is 5.91 Å². The monoisotopic (exact) mass is 622 g/mol. The van der Waals surface area contributed by atoms with Gasteiger partial charge in [0, 0.05) is 36.6 Å². The third-order valence-corrected chi connectivity index (χ3v) is 9.77. The summed E-state index contributed by atoms with van der Waals surface area (Å²) < 4.78 is 41.6. The first-order valence-corrected chi connectivity index (χ1v) is 15.9. The van der Waals surface area contributed by atoms with Crippen molar-refractivity contribution in [2.24, 2.45) is 0 Å². The quantitative estimate of drug-likeness (QED) is 0.216. The molecule has 0 spiro atoms. The normalized spacial score (nSPS) is 16.8. The Labute approximate surface area is 252 Å². The lowest BCUT2D eigenvalue weighted by molar-refractivity contribution is -0.116. The van der Waals surface area contributed by atoms with Crippen molar-refractivity contribution >= 4 is 64.8 Å². The van der Waals surface area contributed by atoms with E-state index in [9.17, 15) is 16.5 Å². The van der Waals surface area contributed by atoms with Gasteiger partial charge in [-0.25, -0.2) is 4.98 Å². The highest BCUT2D eigenvalue weighted by Gasteiger charge is 2.40. The van der Waals surface area contributed by atoms with Crippen LogP contribution in [0, 0.1) is 6.92 Å².